The number of hydrogen-bond donors (Lipinski definition) is 0. The molecular weight excluding hydrogens is 495 g/mol. The van der Waals surface area contributed by atoms with Gasteiger partial charge in [-0.1, -0.05) is 23.7 Å². The first kappa shape index (κ1) is 25.1. The molecule has 0 aliphatic carbocycles. The average molecular weight is 519 g/mol. The van der Waals surface area contributed by atoms with Crippen molar-refractivity contribution in [3.8, 4) is 11.5 Å². The van der Waals surface area contributed by atoms with Crippen LogP contribution in [0.15, 0.2) is 41.3 Å². The fraction of sp³-hybridized carbons (Fsp3) is 0.320. The van der Waals surface area contributed by atoms with Gasteiger partial charge in [0.1, 0.15) is 19.0 Å². The Labute approximate surface area is 211 Å². The molecule has 2 aromatic rings. The summed E-state index contributed by atoms with van der Waals surface area (Å²) in [4.78, 5) is 40.5. The molecule has 184 valence electrons. The van der Waals surface area contributed by atoms with Crippen molar-refractivity contribution in [1.29, 1.82) is 0 Å². The molecule has 10 heteroatoms. The average Bonchev–Trinajstić information content (AvgIpc) is 3.45. The number of halogens is 2. The van der Waals surface area contributed by atoms with Crippen LogP contribution in [0.3, 0.4) is 0 Å². The van der Waals surface area contributed by atoms with E-state index in [-0.39, 0.29) is 34.8 Å². The first-order valence-electron chi connectivity index (χ1n) is 11.2. The van der Waals surface area contributed by atoms with Crippen LogP contribution in [-0.4, -0.2) is 53.1 Å². The lowest BCUT2D eigenvalue weighted by Crippen LogP contribution is -2.40. The quantitative estimate of drug-likeness (QED) is 0.452. The van der Waals surface area contributed by atoms with Gasteiger partial charge in [0.2, 0.25) is 5.91 Å². The van der Waals surface area contributed by atoms with E-state index in [1.54, 1.807) is 35.2 Å². The Morgan fingerprint density at radius 2 is 1.86 bits per heavy atom. The van der Waals surface area contributed by atoms with Crippen LogP contribution in [0.5, 0.6) is 11.5 Å². The number of imide groups is 1. The van der Waals surface area contributed by atoms with E-state index in [1.807, 2.05) is 6.92 Å². The Hall–Kier alpha value is -3.04. The highest BCUT2D eigenvalue weighted by molar-refractivity contribution is 8.18. The lowest BCUT2D eigenvalue weighted by atomic mass is 10.1. The Balaban J connectivity index is 1.51. The summed E-state index contributed by atoms with van der Waals surface area (Å²) in [5, 5.41) is -0.225. The van der Waals surface area contributed by atoms with Gasteiger partial charge in [0.05, 0.1) is 16.5 Å². The maximum absolute atomic E-state index is 13.1. The number of nitrogens with zero attached hydrogens (tertiary/aromatic N) is 2. The van der Waals surface area contributed by atoms with Crippen molar-refractivity contribution >= 4 is 46.5 Å². The highest BCUT2D eigenvalue weighted by Crippen LogP contribution is 2.39. The predicted octanol–water partition coefficient (Wildman–Crippen LogP) is 5.12. The summed E-state index contributed by atoms with van der Waals surface area (Å²) in [6.07, 6.45) is 3.41. The third-order valence-electron chi connectivity index (χ3n) is 5.55. The summed E-state index contributed by atoms with van der Waals surface area (Å²) in [5.41, 5.74) is 1.30. The van der Waals surface area contributed by atoms with E-state index in [2.05, 4.69) is 0 Å². The Bertz CT molecular complexity index is 1170. The zero-order valence-corrected chi connectivity index (χ0v) is 20.7. The third-order valence-corrected chi connectivity index (χ3v) is 6.74. The molecule has 0 N–H and O–H groups in total. The maximum atomic E-state index is 13.1. The molecule has 7 nitrogen and oxygen atoms in total. The summed E-state index contributed by atoms with van der Waals surface area (Å²) in [5.74, 6) is -0.388. The lowest BCUT2D eigenvalue weighted by molar-refractivity contribution is -0.135. The summed E-state index contributed by atoms with van der Waals surface area (Å²) in [7, 11) is 0. The van der Waals surface area contributed by atoms with Crippen LogP contribution < -0.4 is 9.47 Å². The highest BCUT2D eigenvalue weighted by atomic mass is 35.5. The van der Waals surface area contributed by atoms with Gasteiger partial charge in [-0.25, -0.2) is 4.39 Å². The van der Waals surface area contributed by atoms with Gasteiger partial charge < -0.3 is 14.4 Å². The second kappa shape index (κ2) is 11.1. The lowest BCUT2D eigenvalue weighted by Gasteiger charge is -2.18. The fourth-order valence-electron chi connectivity index (χ4n) is 3.80. The first-order chi connectivity index (χ1) is 16.9. The number of rotatable bonds is 8. The molecule has 0 bridgehead atoms. The van der Waals surface area contributed by atoms with E-state index in [9.17, 15) is 18.8 Å². The largest absolute Gasteiger partial charge is 0.490 e. The van der Waals surface area contributed by atoms with Crippen molar-refractivity contribution in [2.24, 2.45) is 0 Å². The number of benzene rings is 2. The molecule has 2 aliphatic heterocycles. The third kappa shape index (κ3) is 5.97. The zero-order valence-electron chi connectivity index (χ0n) is 19.1. The predicted molar refractivity (Wildman–Crippen MR) is 132 cm³/mol. The fourth-order valence-corrected chi connectivity index (χ4v) is 4.91. The molecule has 2 aromatic carbocycles. The molecule has 2 fully saturated rings. The molecule has 0 aromatic heterocycles. The van der Waals surface area contributed by atoms with E-state index in [4.69, 9.17) is 21.1 Å². The number of carbonyl (C=O) groups is 3. The van der Waals surface area contributed by atoms with Crippen molar-refractivity contribution in [1.82, 2.24) is 9.80 Å². The minimum atomic E-state index is -0.515. The van der Waals surface area contributed by atoms with Gasteiger partial charge >= 0.3 is 0 Å². The van der Waals surface area contributed by atoms with Crippen molar-refractivity contribution in [3.63, 3.8) is 0 Å². The van der Waals surface area contributed by atoms with Gasteiger partial charge in [0, 0.05) is 13.1 Å². The van der Waals surface area contributed by atoms with E-state index >= 15 is 0 Å². The minimum Gasteiger partial charge on any atom is -0.490 e. The van der Waals surface area contributed by atoms with Crippen molar-refractivity contribution < 1.29 is 28.2 Å². The Kier molecular flexibility index (Phi) is 7.97. The molecule has 2 aliphatic rings. The van der Waals surface area contributed by atoms with Crippen LogP contribution in [0.1, 0.15) is 30.9 Å². The van der Waals surface area contributed by atoms with E-state index < -0.39 is 11.1 Å². The molecule has 0 atom stereocenters. The number of thioether (sulfide) groups is 1. The molecule has 2 saturated heterocycles. The van der Waals surface area contributed by atoms with Crippen molar-refractivity contribution in [2.75, 3.05) is 26.2 Å². The van der Waals surface area contributed by atoms with Gasteiger partial charge in [0.15, 0.2) is 11.5 Å². The number of ether oxygens (including phenoxy) is 2. The minimum absolute atomic E-state index is 0.156. The van der Waals surface area contributed by atoms with Crippen molar-refractivity contribution in [2.45, 2.75) is 26.4 Å². The smallest absolute Gasteiger partial charge is 0.294 e. The van der Waals surface area contributed by atoms with Crippen molar-refractivity contribution in [3.05, 3.63) is 63.3 Å². The van der Waals surface area contributed by atoms with Gasteiger partial charge in [-0.2, -0.15) is 0 Å². The number of likely N-dealkylation sites (tertiary alicyclic amines) is 1. The number of carbonyl (C=O) groups excluding carboxylic acids is 3. The Morgan fingerprint density at radius 1 is 1.14 bits per heavy atom. The molecule has 35 heavy (non-hydrogen) atoms. The topological polar surface area (TPSA) is 76.2 Å². The van der Waals surface area contributed by atoms with Crippen LogP contribution in [-0.2, 0) is 16.2 Å². The first-order valence-corrected chi connectivity index (χ1v) is 12.4. The second-order valence-corrected chi connectivity index (χ2v) is 9.43. The van der Waals surface area contributed by atoms with Gasteiger partial charge in [-0.15, -0.1) is 0 Å². The molecule has 0 spiro atoms. The monoisotopic (exact) mass is 518 g/mol. The van der Waals surface area contributed by atoms with E-state index in [0.717, 1.165) is 35.1 Å². The maximum Gasteiger partial charge on any atom is 0.294 e. The van der Waals surface area contributed by atoms with Crippen LogP contribution >= 0.6 is 23.4 Å². The molecule has 0 saturated carbocycles. The standard InChI is InChI=1S/C25H24ClFN2O5S/c1-2-33-20-12-17(11-19(26)23(20)34-15-16-5-7-18(27)8-6-16)13-21-24(31)29(25(32)35-21)14-22(30)28-9-3-4-10-28/h5-8,11-13H,2-4,9-10,14-15H2,1H3/b21-13-. The molecule has 0 radical (unpaired) electrons. The molecule has 0 unspecified atom stereocenters. The van der Waals surface area contributed by atoms with Crippen LogP contribution in [0.25, 0.3) is 6.08 Å². The molecule has 4 rings (SSSR count). The highest BCUT2D eigenvalue weighted by Gasteiger charge is 2.37. The van der Waals surface area contributed by atoms with Crippen LogP contribution in [0, 0.1) is 5.82 Å². The van der Waals surface area contributed by atoms with Crippen LogP contribution in [0.4, 0.5) is 9.18 Å². The Morgan fingerprint density at radius 3 is 2.54 bits per heavy atom. The number of hydrogen-bond acceptors (Lipinski definition) is 6. The molecule has 3 amide bonds. The SMILES string of the molecule is CCOc1cc(/C=C2\SC(=O)N(CC(=O)N3CCCC3)C2=O)cc(Cl)c1OCc1ccc(F)cc1. The summed E-state index contributed by atoms with van der Waals surface area (Å²) >= 11 is 7.25. The number of amides is 3. The summed E-state index contributed by atoms with van der Waals surface area (Å²) in [6.45, 7) is 3.36. The van der Waals surface area contributed by atoms with E-state index in [1.165, 1.54) is 12.1 Å². The van der Waals surface area contributed by atoms with Crippen LogP contribution in [0.2, 0.25) is 5.02 Å². The van der Waals surface area contributed by atoms with Gasteiger partial charge in [-0.3, -0.25) is 19.3 Å². The zero-order chi connectivity index (χ0) is 24.9. The summed E-state index contributed by atoms with van der Waals surface area (Å²) in [6, 6.07) is 9.19. The van der Waals surface area contributed by atoms with Gasteiger partial charge in [-0.05, 0) is 73.0 Å². The van der Waals surface area contributed by atoms with E-state index in [0.29, 0.717) is 36.8 Å². The normalized spacial score (nSPS) is 16.9. The van der Waals surface area contributed by atoms with Gasteiger partial charge in [0.25, 0.3) is 11.1 Å². The summed E-state index contributed by atoms with van der Waals surface area (Å²) < 4.78 is 24.7. The molecular formula is C25H24ClFN2O5S. The second-order valence-electron chi connectivity index (χ2n) is 8.03. The molecule has 2 heterocycles.